The van der Waals surface area contributed by atoms with Crippen LogP contribution in [0.5, 0.6) is 0 Å². The lowest BCUT2D eigenvalue weighted by Crippen LogP contribution is -2.41. The number of amides is 4. The van der Waals surface area contributed by atoms with E-state index in [4.69, 9.17) is 28.9 Å². The smallest absolute Gasteiger partial charge is 0.325 e. The van der Waals surface area contributed by atoms with Gasteiger partial charge in [-0.15, -0.1) is 0 Å². The maximum atomic E-state index is 12.9. The lowest BCUT2D eigenvalue weighted by atomic mass is 9.90. The Bertz CT molecular complexity index is 932. The summed E-state index contributed by atoms with van der Waals surface area (Å²) in [5.74, 6) is -1.05. The average molecular weight is 392 g/mol. The van der Waals surface area contributed by atoms with Gasteiger partial charge in [0.1, 0.15) is 5.54 Å². The molecule has 8 heteroatoms. The van der Waals surface area contributed by atoms with Crippen LogP contribution >= 0.6 is 23.2 Å². The van der Waals surface area contributed by atoms with Crippen molar-refractivity contribution in [3.63, 3.8) is 0 Å². The molecule has 1 unspecified atom stereocenters. The summed E-state index contributed by atoms with van der Waals surface area (Å²) in [4.78, 5) is 37.8. The van der Waals surface area contributed by atoms with Crippen LogP contribution in [0.25, 0.3) is 0 Å². The fourth-order valence-electron chi connectivity index (χ4n) is 2.84. The molecule has 2 aromatic rings. The predicted molar refractivity (Wildman–Crippen MR) is 97.9 cm³/mol. The molecule has 1 saturated heterocycles. The van der Waals surface area contributed by atoms with E-state index in [0.717, 1.165) is 4.90 Å². The number of carbonyl (C=O) groups is 3. The van der Waals surface area contributed by atoms with Gasteiger partial charge in [0.2, 0.25) is 5.91 Å². The minimum atomic E-state index is -1.29. The predicted octanol–water partition coefficient (Wildman–Crippen LogP) is 3.06. The summed E-state index contributed by atoms with van der Waals surface area (Å²) in [7, 11) is 0. The highest BCUT2D eigenvalue weighted by Crippen LogP contribution is 2.31. The lowest BCUT2D eigenvalue weighted by molar-refractivity contribution is -0.131. The molecule has 3 N–H and O–H groups in total. The number of primary amides is 1. The Labute approximate surface area is 159 Å². The summed E-state index contributed by atoms with van der Waals surface area (Å²) in [6.45, 7) is 1.63. The number of rotatable bonds is 4. The van der Waals surface area contributed by atoms with E-state index in [2.05, 4.69) is 5.32 Å². The highest BCUT2D eigenvalue weighted by atomic mass is 35.5. The summed E-state index contributed by atoms with van der Waals surface area (Å²) in [5, 5.41) is 3.42. The van der Waals surface area contributed by atoms with Crippen LogP contribution in [0.4, 0.5) is 4.79 Å². The Morgan fingerprint density at radius 2 is 1.88 bits per heavy atom. The molecule has 2 aromatic carbocycles. The molecule has 0 aliphatic carbocycles. The zero-order valence-electron chi connectivity index (χ0n) is 13.8. The fourth-order valence-corrected chi connectivity index (χ4v) is 3.16. The van der Waals surface area contributed by atoms with Gasteiger partial charge in [-0.2, -0.15) is 0 Å². The zero-order valence-corrected chi connectivity index (χ0v) is 15.3. The first kappa shape index (κ1) is 18.2. The summed E-state index contributed by atoms with van der Waals surface area (Å²) in [5.41, 5.74) is 5.40. The third-order valence-electron chi connectivity index (χ3n) is 4.32. The third-order valence-corrected chi connectivity index (χ3v) is 5.06. The average Bonchev–Trinajstić information content (AvgIpc) is 2.82. The van der Waals surface area contributed by atoms with Crippen LogP contribution in [-0.4, -0.2) is 22.7 Å². The van der Waals surface area contributed by atoms with Crippen LogP contribution in [0, 0.1) is 0 Å². The van der Waals surface area contributed by atoms with Crippen LogP contribution in [0.3, 0.4) is 0 Å². The van der Waals surface area contributed by atoms with Crippen molar-refractivity contribution in [3.8, 4) is 0 Å². The van der Waals surface area contributed by atoms with Crippen LogP contribution < -0.4 is 11.1 Å². The first-order chi connectivity index (χ1) is 12.2. The number of urea groups is 1. The van der Waals surface area contributed by atoms with E-state index in [-0.39, 0.29) is 12.1 Å². The van der Waals surface area contributed by atoms with E-state index in [9.17, 15) is 14.4 Å². The normalized spacial score (nSPS) is 19.6. The SMILES string of the molecule is CC1(c2cccc(C(N)=O)c2)NC(=O)N(Cc2ccc(Cl)c(Cl)c2)C1=O. The Morgan fingerprint density at radius 1 is 1.15 bits per heavy atom. The van der Waals surface area contributed by atoms with Crippen LogP contribution in [0.2, 0.25) is 10.0 Å². The number of nitrogens with zero attached hydrogens (tertiary/aromatic N) is 1. The number of nitrogens with one attached hydrogen (secondary N) is 1. The van der Waals surface area contributed by atoms with Crippen molar-refractivity contribution >= 4 is 41.0 Å². The number of hydrogen-bond acceptors (Lipinski definition) is 3. The molecule has 1 fully saturated rings. The number of halogens is 2. The molecule has 1 heterocycles. The maximum Gasteiger partial charge on any atom is 0.325 e. The van der Waals surface area contributed by atoms with Crippen LogP contribution in [0.1, 0.15) is 28.4 Å². The van der Waals surface area contributed by atoms with Gasteiger partial charge >= 0.3 is 6.03 Å². The van der Waals surface area contributed by atoms with E-state index >= 15 is 0 Å². The second kappa shape index (κ2) is 6.63. The van der Waals surface area contributed by atoms with Crippen molar-refractivity contribution in [1.29, 1.82) is 0 Å². The Hall–Kier alpha value is -2.57. The number of imide groups is 1. The molecule has 0 bridgehead atoms. The molecule has 134 valence electrons. The quantitative estimate of drug-likeness (QED) is 0.784. The second-order valence-electron chi connectivity index (χ2n) is 6.14. The van der Waals surface area contributed by atoms with Gasteiger partial charge in [0.15, 0.2) is 0 Å². The van der Waals surface area contributed by atoms with Crippen molar-refractivity contribution in [2.24, 2.45) is 5.73 Å². The van der Waals surface area contributed by atoms with E-state index in [1.807, 2.05) is 0 Å². The zero-order chi connectivity index (χ0) is 19.1. The van der Waals surface area contributed by atoms with Gasteiger partial charge in [-0.1, -0.05) is 41.4 Å². The topological polar surface area (TPSA) is 92.5 Å². The van der Waals surface area contributed by atoms with Gasteiger partial charge < -0.3 is 11.1 Å². The Balaban J connectivity index is 1.91. The molecule has 4 amide bonds. The molecule has 0 aromatic heterocycles. The van der Waals surface area contributed by atoms with E-state index < -0.39 is 23.4 Å². The maximum absolute atomic E-state index is 12.9. The van der Waals surface area contributed by atoms with Crippen LogP contribution in [0.15, 0.2) is 42.5 Å². The van der Waals surface area contributed by atoms with Crippen molar-refractivity contribution < 1.29 is 14.4 Å². The largest absolute Gasteiger partial charge is 0.366 e. The molecule has 1 aliphatic rings. The molecule has 0 spiro atoms. The van der Waals surface area contributed by atoms with Crippen molar-refractivity contribution in [2.45, 2.75) is 19.0 Å². The molecule has 3 rings (SSSR count). The number of benzene rings is 2. The first-order valence-electron chi connectivity index (χ1n) is 7.71. The summed E-state index contributed by atoms with van der Waals surface area (Å²) < 4.78 is 0. The monoisotopic (exact) mass is 391 g/mol. The highest BCUT2D eigenvalue weighted by molar-refractivity contribution is 6.42. The Morgan fingerprint density at radius 3 is 2.54 bits per heavy atom. The molecular formula is C18H15Cl2N3O3. The van der Waals surface area contributed by atoms with Gasteiger partial charge in [0.25, 0.3) is 5.91 Å². The van der Waals surface area contributed by atoms with E-state index in [1.165, 1.54) is 6.07 Å². The number of hydrogen-bond donors (Lipinski definition) is 2. The van der Waals surface area contributed by atoms with Crippen molar-refractivity contribution in [3.05, 3.63) is 69.2 Å². The van der Waals surface area contributed by atoms with Crippen molar-refractivity contribution in [1.82, 2.24) is 10.2 Å². The standard InChI is InChI=1S/C18H15Cl2N3O3/c1-18(12-4-2-3-11(8-12)15(21)24)16(25)23(17(26)22-18)9-10-5-6-13(19)14(20)7-10/h2-8H,9H2,1H3,(H2,21,24)(H,22,26). The molecule has 1 aliphatic heterocycles. The van der Waals surface area contributed by atoms with Gasteiger partial charge in [0, 0.05) is 5.56 Å². The highest BCUT2D eigenvalue weighted by Gasteiger charge is 2.49. The molecule has 0 saturated carbocycles. The van der Waals surface area contributed by atoms with Gasteiger partial charge in [0.05, 0.1) is 16.6 Å². The first-order valence-corrected chi connectivity index (χ1v) is 8.46. The molecule has 26 heavy (non-hydrogen) atoms. The molecule has 1 atom stereocenters. The fraction of sp³-hybridized carbons (Fsp3) is 0.167. The van der Waals surface area contributed by atoms with Gasteiger partial charge in [-0.25, -0.2) is 4.79 Å². The Kier molecular flexibility index (Phi) is 4.64. The van der Waals surface area contributed by atoms with Gasteiger partial charge in [-0.05, 0) is 42.3 Å². The molecular weight excluding hydrogens is 377 g/mol. The second-order valence-corrected chi connectivity index (χ2v) is 6.95. The summed E-state index contributed by atoms with van der Waals surface area (Å²) in [6.07, 6.45) is 0. The van der Waals surface area contributed by atoms with Crippen molar-refractivity contribution in [2.75, 3.05) is 0 Å². The minimum absolute atomic E-state index is 0.0483. The molecule has 0 radical (unpaired) electrons. The lowest BCUT2D eigenvalue weighted by Gasteiger charge is -2.22. The molecule has 6 nitrogen and oxygen atoms in total. The number of carbonyl (C=O) groups excluding carboxylic acids is 3. The van der Waals surface area contributed by atoms with E-state index in [0.29, 0.717) is 21.2 Å². The minimum Gasteiger partial charge on any atom is -0.366 e. The van der Waals surface area contributed by atoms with Gasteiger partial charge in [-0.3, -0.25) is 14.5 Å². The summed E-state index contributed by atoms with van der Waals surface area (Å²) >= 11 is 11.9. The van der Waals surface area contributed by atoms with E-state index in [1.54, 1.807) is 43.3 Å². The van der Waals surface area contributed by atoms with Crippen LogP contribution in [-0.2, 0) is 16.9 Å². The third kappa shape index (κ3) is 3.13. The number of nitrogens with two attached hydrogens (primary N) is 1. The summed E-state index contributed by atoms with van der Waals surface area (Å²) in [6, 6.07) is 10.7.